The topological polar surface area (TPSA) is 42.5 Å². The zero-order valence-corrected chi connectivity index (χ0v) is 15.7. The van der Waals surface area contributed by atoms with Gasteiger partial charge in [-0.05, 0) is 55.7 Å². The van der Waals surface area contributed by atoms with Gasteiger partial charge < -0.3 is 9.30 Å². The number of aromatic nitrogens is 3. The van der Waals surface area contributed by atoms with E-state index in [1.807, 2.05) is 82.6 Å². The molecule has 0 bridgehead atoms. The van der Waals surface area contributed by atoms with Gasteiger partial charge in [-0.15, -0.1) is 0 Å². The van der Waals surface area contributed by atoms with Crippen LogP contribution in [0.5, 0.6) is 0 Å². The van der Waals surface area contributed by atoms with Crippen molar-refractivity contribution >= 4 is 11.4 Å². The summed E-state index contributed by atoms with van der Waals surface area (Å²) in [5.74, 6) is 0.122. The average molecular weight is 370 g/mol. The number of hydrogen-bond donors (Lipinski definition) is 0. The maximum Gasteiger partial charge on any atom is 0.256 e. The highest BCUT2D eigenvalue weighted by atomic mass is 16.2. The Morgan fingerprint density at radius 3 is 2.46 bits per heavy atom. The minimum Gasteiger partial charge on any atom is -0.339 e. The van der Waals surface area contributed by atoms with Crippen LogP contribution in [0, 0.1) is 0 Å². The van der Waals surface area contributed by atoms with Gasteiger partial charge in [0.15, 0.2) is 0 Å². The van der Waals surface area contributed by atoms with Crippen LogP contribution in [0.2, 0.25) is 0 Å². The summed E-state index contributed by atoms with van der Waals surface area (Å²) in [6.07, 6.45) is 7.35. The fourth-order valence-corrected chi connectivity index (χ4v) is 3.97. The van der Waals surface area contributed by atoms with Gasteiger partial charge in [-0.25, -0.2) is 4.68 Å². The van der Waals surface area contributed by atoms with E-state index in [0.717, 1.165) is 54.1 Å². The first-order valence-corrected chi connectivity index (χ1v) is 9.82. The second-order valence-corrected chi connectivity index (χ2v) is 7.23. The smallest absolute Gasteiger partial charge is 0.256 e. The highest BCUT2D eigenvalue weighted by molar-refractivity contribution is 6.02. The molecule has 140 valence electrons. The molecule has 0 aliphatic carbocycles. The zero-order valence-electron chi connectivity index (χ0n) is 15.7. The molecule has 1 aliphatic heterocycles. The van der Waals surface area contributed by atoms with Crippen LogP contribution in [0.1, 0.15) is 29.6 Å². The Hall–Kier alpha value is -3.34. The molecule has 5 nitrogen and oxygen atoms in total. The van der Waals surface area contributed by atoms with E-state index in [2.05, 4.69) is 4.40 Å². The molecule has 28 heavy (non-hydrogen) atoms. The van der Waals surface area contributed by atoms with E-state index in [1.54, 1.807) is 0 Å². The predicted octanol–water partition coefficient (Wildman–Crippen LogP) is 4.42. The molecule has 1 fully saturated rings. The first kappa shape index (κ1) is 16.8. The molecule has 0 unspecified atom stereocenters. The van der Waals surface area contributed by atoms with Crippen molar-refractivity contribution in [2.75, 3.05) is 13.1 Å². The molecule has 1 aliphatic rings. The first-order chi connectivity index (χ1) is 13.8. The Morgan fingerprint density at radius 2 is 1.64 bits per heavy atom. The normalized spacial score (nSPS) is 14.5. The molecule has 0 spiro atoms. The third-order valence-electron chi connectivity index (χ3n) is 5.42. The monoisotopic (exact) mass is 370 g/mol. The third kappa shape index (κ3) is 2.89. The summed E-state index contributed by atoms with van der Waals surface area (Å²) in [5.41, 5.74) is 4.49. The Bertz CT molecular complexity index is 1120. The van der Waals surface area contributed by atoms with Gasteiger partial charge in [0.25, 0.3) is 5.91 Å². The number of amides is 1. The minimum absolute atomic E-state index is 0.122. The Morgan fingerprint density at radius 1 is 0.857 bits per heavy atom. The van der Waals surface area contributed by atoms with Crippen molar-refractivity contribution in [1.82, 2.24) is 19.1 Å². The van der Waals surface area contributed by atoms with E-state index in [-0.39, 0.29) is 5.91 Å². The molecular weight excluding hydrogens is 348 g/mol. The second-order valence-electron chi connectivity index (χ2n) is 7.23. The number of carbonyl (C=O) groups excluding carboxylic acids is 1. The number of hydrogen-bond acceptors (Lipinski definition) is 2. The first-order valence-electron chi connectivity index (χ1n) is 9.82. The van der Waals surface area contributed by atoms with Crippen LogP contribution in [0.15, 0.2) is 73.1 Å². The minimum atomic E-state index is 0.122. The SMILES string of the molecule is O=C(c1cc(-c2ccn(-c3ccccc3)n2)n2ccccc12)N1CCCCC1. The fourth-order valence-electron chi connectivity index (χ4n) is 3.97. The number of piperidine rings is 1. The molecule has 1 saturated heterocycles. The van der Waals surface area contributed by atoms with Crippen molar-refractivity contribution < 1.29 is 4.79 Å². The number of rotatable bonds is 3. The number of para-hydroxylation sites is 1. The molecular formula is C23H22N4O. The van der Waals surface area contributed by atoms with E-state index in [0.29, 0.717) is 0 Å². The van der Waals surface area contributed by atoms with Crippen molar-refractivity contribution in [3.63, 3.8) is 0 Å². The lowest BCUT2D eigenvalue weighted by Gasteiger charge is -2.26. The molecule has 0 saturated carbocycles. The largest absolute Gasteiger partial charge is 0.339 e. The number of nitrogens with zero attached hydrogens (tertiary/aromatic N) is 4. The molecule has 5 heteroatoms. The number of fused-ring (bicyclic) bond motifs is 1. The summed E-state index contributed by atoms with van der Waals surface area (Å²) < 4.78 is 3.93. The highest BCUT2D eigenvalue weighted by Crippen LogP contribution is 2.27. The molecule has 4 heterocycles. The van der Waals surface area contributed by atoms with Gasteiger partial charge in [0.1, 0.15) is 5.69 Å². The number of benzene rings is 1. The quantitative estimate of drug-likeness (QED) is 0.536. The summed E-state index contributed by atoms with van der Waals surface area (Å²) in [7, 11) is 0. The number of likely N-dealkylation sites (tertiary alicyclic amines) is 1. The highest BCUT2D eigenvalue weighted by Gasteiger charge is 2.23. The van der Waals surface area contributed by atoms with Gasteiger partial charge in [-0.3, -0.25) is 4.79 Å². The van der Waals surface area contributed by atoms with Crippen molar-refractivity contribution in [2.24, 2.45) is 0 Å². The molecule has 1 amide bonds. The van der Waals surface area contributed by atoms with Crippen molar-refractivity contribution in [3.05, 3.63) is 78.6 Å². The van der Waals surface area contributed by atoms with Gasteiger partial charge in [0.05, 0.1) is 22.5 Å². The zero-order chi connectivity index (χ0) is 18.9. The van der Waals surface area contributed by atoms with Crippen LogP contribution >= 0.6 is 0 Å². The van der Waals surface area contributed by atoms with Crippen LogP contribution in [-0.2, 0) is 0 Å². The molecule has 1 aromatic carbocycles. The molecule has 0 atom stereocenters. The molecule has 4 aromatic rings. The van der Waals surface area contributed by atoms with Gasteiger partial charge >= 0.3 is 0 Å². The summed E-state index contributed by atoms with van der Waals surface area (Å²) in [4.78, 5) is 15.2. The predicted molar refractivity (Wildman–Crippen MR) is 110 cm³/mol. The fraction of sp³-hybridized carbons (Fsp3) is 0.217. The van der Waals surface area contributed by atoms with Crippen LogP contribution in [-0.4, -0.2) is 38.1 Å². The van der Waals surface area contributed by atoms with E-state index in [9.17, 15) is 4.79 Å². The van der Waals surface area contributed by atoms with Crippen LogP contribution in [0.25, 0.3) is 22.6 Å². The number of pyridine rings is 1. The van der Waals surface area contributed by atoms with Gasteiger partial charge in [-0.1, -0.05) is 24.3 Å². The Balaban J connectivity index is 1.57. The van der Waals surface area contributed by atoms with E-state index >= 15 is 0 Å². The summed E-state index contributed by atoms with van der Waals surface area (Å²) in [5, 5.41) is 4.76. The van der Waals surface area contributed by atoms with Crippen LogP contribution in [0.3, 0.4) is 0 Å². The van der Waals surface area contributed by atoms with Crippen molar-refractivity contribution in [2.45, 2.75) is 19.3 Å². The standard InChI is InChI=1S/C23H22N4O/c28-23(25-13-6-2-7-14-25)19-17-22(26-15-8-5-11-21(19)26)20-12-16-27(24-20)18-9-3-1-4-10-18/h1,3-5,8-12,15-17H,2,6-7,13-14H2. The molecule has 0 N–H and O–H groups in total. The van der Waals surface area contributed by atoms with Crippen molar-refractivity contribution in [3.8, 4) is 17.1 Å². The van der Waals surface area contributed by atoms with E-state index < -0.39 is 0 Å². The molecule has 0 radical (unpaired) electrons. The van der Waals surface area contributed by atoms with E-state index in [1.165, 1.54) is 6.42 Å². The summed E-state index contributed by atoms with van der Waals surface area (Å²) in [6.45, 7) is 1.70. The van der Waals surface area contributed by atoms with Crippen molar-refractivity contribution in [1.29, 1.82) is 0 Å². The van der Waals surface area contributed by atoms with Crippen LogP contribution in [0.4, 0.5) is 0 Å². The summed E-state index contributed by atoms with van der Waals surface area (Å²) >= 11 is 0. The maximum absolute atomic E-state index is 13.2. The third-order valence-corrected chi connectivity index (χ3v) is 5.42. The average Bonchev–Trinajstić information content (AvgIpc) is 3.40. The van der Waals surface area contributed by atoms with Gasteiger partial charge in [-0.2, -0.15) is 5.10 Å². The Kier molecular flexibility index (Phi) is 4.20. The van der Waals surface area contributed by atoms with Gasteiger partial charge in [0, 0.05) is 25.5 Å². The molecule has 5 rings (SSSR count). The van der Waals surface area contributed by atoms with Gasteiger partial charge in [0.2, 0.25) is 0 Å². The van der Waals surface area contributed by atoms with E-state index in [4.69, 9.17) is 5.10 Å². The van der Waals surface area contributed by atoms with Crippen LogP contribution < -0.4 is 0 Å². The maximum atomic E-state index is 13.2. The summed E-state index contributed by atoms with van der Waals surface area (Å²) in [6, 6.07) is 20.0. The molecule has 3 aromatic heterocycles. The Labute approximate surface area is 163 Å². The number of carbonyl (C=O) groups is 1. The second kappa shape index (κ2) is 7.00. The lowest BCUT2D eigenvalue weighted by Crippen LogP contribution is -2.35. The lowest BCUT2D eigenvalue weighted by atomic mass is 10.1. The lowest BCUT2D eigenvalue weighted by molar-refractivity contribution is 0.0726.